The fraction of sp³-hybridized carbons (Fsp3) is 0.368. The molecule has 0 spiro atoms. The summed E-state index contributed by atoms with van der Waals surface area (Å²) in [4.78, 5) is 0. The largest absolute Gasteiger partial charge is 0.496 e. The molecule has 1 unspecified atom stereocenters. The molecule has 2 rings (SSSR count). The summed E-state index contributed by atoms with van der Waals surface area (Å²) in [6.07, 6.45) is 0.922. The number of nitrogens with one attached hydrogen (secondary N) is 1. The molecule has 0 heterocycles. The van der Waals surface area contributed by atoms with Crippen LogP contribution in [0.1, 0.15) is 33.9 Å². The third kappa shape index (κ3) is 3.45. The molecule has 1 atom stereocenters. The van der Waals surface area contributed by atoms with Gasteiger partial charge in [0, 0.05) is 6.04 Å². The number of hydrogen-bond acceptors (Lipinski definition) is 2. The van der Waals surface area contributed by atoms with E-state index in [1.54, 1.807) is 7.11 Å². The topological polar surface area (TPSA) is 21.3 Å². The van der Waals surface area contributed by atoms with Crippen LogP contribution in [0.3, 0.4) is 0 Å². The normalized spacial score (nSPS) is 12.2. The van der Waals surface area contributed by atoms with E-state index >= 15 is 0 Å². The van der Waals surface area contributed by atoms with Gasteiger partial charge in [0.1, 0.15) is 5.75 Å². The van der Waals surface area contributed by atoms with Crippen LogP contribution in [0.25, 0.3) is 0 Å². The van der Waals surface area contributed by atoms with E-state index in [9.17, 15) is 0 Å². The number of aryl methyl sites for hydroxylation is 3. The maximum atomic E-state index is 5.48. The average molecular weight is 283 g/mol. The van der Waals surface area contributed by atoms with E-state index in [-0.39, 0.29) is 0 Å². The molecule has 21 heavy (non-hydrogen) atoms. The van der Waals surface area contributed by atoms with Gasteiger partial charge < -0.3 is 10.1 Å². The average Bonchev–Trinajstić information content (AvgIpc) is 2.45. The van der Waals surface area contributed by atoms with Crippen LogP contribution in [0.4, 0.5) is 0 Å². The van der Waals surface area contributed by atoms with Gasteiger partial charge in [-0.15, -0.1) is 0 Å². The Labute approximate surface area is 128 Å². The Morgan fingerprint density at radius 3 is 2.24 bits per heavy atom. The maximum Gasteiger partial charge on any atom is 0.122 e. The van der Waals surface area contributed by atoms with Crippen molar-refractivity contribution in [2.24, 2.45) is 0 Å². The summed E-state index contributed by atoms with van der Waals surface area (Å²) in [6.45, 7) is 6.54. The lowest BCUT2D eigenvalue weighted by Gasteiger charge is -2.23. The van der Waals surface area contributed by atoms with Crippen molar-refractivity contribution in [1.29, 1.82) is 0 Å². The van der Waals surface area contributed by atoms with E-state index in [1.165, 1.54) is 27.8 Å². The second-order valence-electron chi connectivity index (χ2n) is 5.67. The third-order valence-corrected chi connectivity index (χ3v) is 4.05. The van der Waals surface area contributed by atoms with Gasteiger partial charge in [-0.1, -0.05) is 35.9 Å². The number of ether oxygens (including phenoxy) is 1. The Kier molecular flexibility index (Phi) is 5.03. The molecule has 0 aliphatic rings. The molecule has 2 aromatic carbocycles. The van der Waals surface area contributed by atoms with Crippen LogP contribution in [0, 0.1) is 20.8 Å². The van der Waals surface area contributed by atoms with E-state index in [2.05, 4.69) is 50.4 Å². The quantitative estimate of drug-likeness (QED) is 0.891. The van der Waals surface area contributed by atoms with Gasteiger partial charge in [-0.3, -0.25) is 0 Å². The van der Waals surface area contributed by atoms with Crippen LogP contribution < -0.4 is 10.1 Å². The molecule has 0 saturated heterocycles. The van der Waals surface area contributed by atoms with Gasteiger partial charge in [-0.2, -0.15) is 0 Å². The molecular weight excluding hydrogens is 258 g/mol. The lowest BCUT2D eigenvalue weighted by Crippen LogP contribution is -2.21. The van der Waals surface area contributed by atoms with Crippen molar-refractivity contribution in [3.05, 3.63) is 64.2 Å². The second kappa shape index (κ2) is 6.77. The molecule has 2 nitrogen and oxygen atoms in total. The minimum absolute atomic E-state index is 0.293. The monoisotopic (exact) mass is 283 g/mol. The van der Waals surface area contributed by atoms with Crippen molar-refractivity contribution >= 4 is 0 Å². The van der Waals surface area contributed by atoms with E-state index in [1.807, 2.05) is 19.2 Å². The SMILES string of the molecule is CNC(Cc1ccccc1OC)c1c(C)cc(C)cc1C. The third-order valence-electron chi connectivity index (χ3n) is 4.05. The first-order valence-electron chi connectivity index (χ1n) is 7.43. The van der Waals surface area contributed by atoms with Crippen LogP contribution in [-0.2, 0) is 6.42 Å². The van der Waals surface area contributed by atoms with Crippen LogP contribution >= 0.6 is 0 Å². The van der Waals surface area contributed by atoms with Crippen molar-refractivity contribution in [3.8, 4) is 5.75 Å². The molecule has 0 bridgehead atoms. The minimum atomic E-state index is 0.293. The van der Waals surface area contributed by atoms with E-state index in [4.69, 9.17) is 4.74 Å². The number of likely N-dealkylation sites (N-methyl/N-ethyl adjacent to an activating group) is 1. The summed E-state index contributed by atoms with van der Waals surface area (Å²) < 4.78 is 5.48. The maximum absolute atomic E-state index is 5.48. The predicted octanol–water partition coefficient (Wildman–Crippen LogP) is 4.12. The smallest absolute Gasteiger partial charge is 0.122 e. The molecule has 0 aliphatic heterocycles. The van der Waals surface area contributed by atoms with Crippen LogP contribution in [0.2, 0.25) is 0 Å². The highest BCUT2D eigenvalue weighted by Gasteiger charge is 2.17. The van der Waals surface area contributed by atoms with Crippen molar-refractivity contribution in [2.45, 2.75) is 33.2 Å². The zero-order valence-corrected chi connectivity index (χ0v) is 13.7. The molecule has 1 N–H and O–H groups in total. The number of rotatable bonds is 5. The summed E-state index contributed by atoms with van der Waals surface area (Å²) in [5, 5.41) is 3.46. The Bertz CT molecular complexity index is 596. The summed E-state index contributed by atoms with van der Waals surface area (Å²) in [7, 11) is 3.76. The zero-order chi connectivity index (χ0) is 15.4. The zero-order valence-electron chi connectivity index (χ0n) is 13.7. The molecule has 0 radical (unpaired) electrons. The molecule has 112 valence electrons. The lowest BCUT2D eigenvalue weighted by molar-refractivity contribution is 0.406. The highest BCUT2D eigenvalue weighted by atomic mass is 16.5. The summed E-state index contributed by atoms with van der Waals surface area (Å²) in [6, 6.07) is 13.1. The van der Waals surface area contributed by atoms with Crippen molar-refractivity contribution < 1.29 is 4.74 Å². The van der Waals surface area contributed by atoms with Crippen molar-refractivity contribution in [1.82, 2.24) is 5.32 Å². The van der Waals surface area contributed by atoms with Gasteiger partial charge in [0.05, 0.1) is 7.11 Å². The van der Waals surface area contributed by atoms with Gasteiger partial charge in [0.25, 0.3) is 0 Å². The first-order valence-corrected chi connectivity index (χ1v) is 7.43. The first kappa shape index (κ1) is 15.6. The van der Waals surface area contributed by atoms with Gasteiger partial charge in [-0.05, 0) is 62.6 Å². The van der Waals surface area contributed by atoms with Crippen LogP contribution in [0.15, 0.2) is 36.4 Å². The number of para-hydroxylation sites is 1. The van der Waals surface area contributed by atoms with Gasteiger partial charge >= 0.3 is 0 Å². The standard InChI is InChI=1S/C19H25NO/c1-13-10-14(2)19(15(3)11-13)17(20-4)12-16-8-6-7-9-18(16)21-5/h6-11,17,20H,12H2,1-5H3. The summed E-state index contributed by atoms with van der Waals surface area (Å²) >= 11 is 0. The molecule has 0 fully saturated rings. The molecule has 2 heteroatoms. The Hall–Kier alpha value is -1.80. The Morgan fingerprint density at radius 1 is 1.05 bits per heavy atom. The summed E-state index contributed by atoms with van der Waals surface area (Å²) in [5.74, 6) is 0.958. The molecule has 2 aromatic rings. The highest BCUT2D eigenvalue weighted by Crippen LogP contribution is 2.29. The van der Waals surface area contributed by atoms with E-state index in [0.717, 1.165) is 12.2 Å². The fourth-order valence-corrected chi connectivity index (χ4v) is 3.18. The molecular formula is C19H25NO. The fourth-order valence-electron chi connectivity index (χ4n) is 3.18. The van der Waals surface area contributed by atoms with Crippen molar-refractivity contribution in [2.75, 3.05) is 14.2 Å². The van der Waals surface area contributed by atoms with Crippen LogP contribution in [-0.4, -0.2) is 14.2 Å². The molecule has 0 aliphatic carbocycles. The minimum Gasteiger partial charge on any atom is -0.496 e. The lowest BCUT2D eigenvalue weighted by atomic mass is 9.90. The second-order valence-corrected chi connectivity index (χ2v) is 5.67. The van der Waals surface area contributed by atoms with Crippen LogP contribution in [0.5, 0.6) is 5.75 Å². The first-order chi connectivity index (χ1) is 10.1. The van der Waals surface area contributed by atoms with E-state index in [0.29, 0.717) is 6.04 Å². The summed E-state index contributed by atoms with van der Waals surface area (Å²) in [5.41, 5.74) is 6.65. The van der Waals surface area contributed by atoms with Gasteiger partial charge in [0.2, 0.25) is 0 Å². The van der Waals surface area contributed by atoms with E-state index < -0.39 is 0 Å². The Balaban J connectivity index is 2.37. The molecule has 0 saturated carbocycles. The highest BCUT2D eigenvalue weighted by molar-refractivity contribution is 5.42. The Morgan fingerprint density at radius 2 is 1.67 bits per heavy atom. The van der Waals surface area contributed by atoms with Gasteiger partial charge in [0.15, 0.2) is 0 Å². The molecule has 0 aromatic heterocycles. The predicted molar refractivity (Wildman–Crippen MR) is 89.2 cm³/mol. The van der Waals surface area contributed by atoms with Crippen molar-refractivity contribution in [3.63, 3.8) is 0 Å². The van der Waals surface area contributed by atoms with Gasteiger partial charge in [-0.25, -0.2) is 0 Å². The molecule has 0 amide bonds. The number of hydrogen-bond donors (Lipinski definition) is 1. The number of benzene rings is 2. The number of methoxy groups -OCH3 is 1.